The molecule has 1 aliphatic rings. The second kappa shape index (κ2) is 7.38. The summed E-state index contributed by atoms with van der Waals surface area (Å²) in [6, 6.07) is 17.7. The average molecular weight is 310 g/mol. The molecule has 1 aliphatic heterocycles. The summed E-state index contributed by atoms with van der Waals surface area (Å²) in [5.74, 6) is 0.722. The Morgan fingerprint density at radius 1 is 1.00 bits per heavy atom. The SMILES string of the molecule is O=[N+]([O-])c1ccccc1CN1CCC(Cc2ccccc2)CC1. The van der Waals surface area contributed by atoms with Crippen molar-refractivity contribution in [1.29, 1.82) is 0 Å². The molecule has 4 heteroatoms. The van der Waals surface area contributed by atoms with Crippen LogP contribution in [-0.4, -0.2) is 22.9 Å². The molecule has 0 saturated carbocycles. The number of nitro groups is 1. The maximum Gasteiger partial charge on any atom is 0.273 e. The standard InChI is InChI=1S/C19H22N2O2/c22-21(23)19-9-5-4-8-18(19)15-20-12-10-17(11-13-20)14-16-6-2-1-3-7-16/h1-9,17H,10-15H2. The monoisotopic (exact) mass is 310 g/mol. The Hall–Kier alpha value is -2.20. The summed E-state index contributed by atoms with van der Waals surface area (Å²) >= 11 is 0. The molecule has 1 fully saturated rings. The number of nitro benzene ring substituents is 1. The second-order valence-corrected chi connectivity index (χ2v) is 6.30. The minimum Gasteiger partial charge on any atom is -0.299 e. The molecule has 0 spiro atoms. The number of piperidine rings is 1. The third-order valence-corrected chi connectivity index (χ3v) is 4.66. The van der Waals surface area contributed by atoms with Crippen LogP contribution >= 0.6 is 0 Å². The van der Waals surface area contributed by atoms with Crippen LogP contribution in [0.1, 0.15) is 24.0 Å². The summed E-state index contributed by atoms with van der Waals surface area (Å²) in [7, 11) is 0. The molecule has 3 rings (SSSR count). The van der Waals surface area contributed by atoms with E-state index in [0.29, 0.717) is 6.54 Å². The average Bonchev–Trinajstić information content (AvgIpc) is 2.58. The smallest absolute Gasteiger partial charge is 0.273 e. The van der Waals surface area contributed by atoms with Crippen molar-refractivity contribution in [2.24, 2.45) is 5.92 Å². The maximum absolute atomic E-state index is 11.1. The van der Waals surface area contributed by atoms with E-state index < -0.39 is 0 Å². The summed E-state index contributed by atoms with van der Waals surface area (Å²) < 4.78 is 0. The van der Waals surface area contributed by atoms with Crippen molar-refractivity contribution in [3.63, 3.8) is 0 Å². The zero-order valence-corrected chi connectivity index (χ0v) is 13.2. The fraction of sp³-hybridized carbons (Fsp3) is 0.368. The largest absolute Gasteiger partial charge is 0.299 e. The van der Waals surface area contributed by atoms with Crippen molar-refractivity contribution in [2.75, 3.05) is 13.1 Å². The number of benzene rings is 2. The van der Waals surface area contributed by atoms with Crippen molar-refractivity contribution in [1.82, 2.24) is 4.90 Å². The molecule has 4 nitrogen and oxygen atoms in total. The van der Waals surface area contributed by atoms with E-state index in [1.54, 1.807) is 12.1 Å². The third kappa shape index (κ3) is 4.17. The van der Waals surface area contributed by atoms with Gasteiger partial charge in [0.1, 0.15) is 0 Å². The first kappa shape index (κ1) is 15.7. The lowest BCUT2D eigenvalue weighted by molar-refractivity contribution is -0.385. The topological polar surface area (TPSA) is 46.4 Å². The molecule has 2 aromatic rings. The van der Waals surface area contributed by atoms with Gasteiger partial charge in [0.05, 0.1) is 4.92 Å². The van der Waals surface area contributed by atoms with E-state index in [0.717, 1.165) is 43.8 Å². The van der Waals surface area contributed by atoms with Crippen molar-refractivity contribution in [2.45, 2.75) is 25.8 Å². The summed E-state index contributed by atoms with van der Waals surface area (Å²) in [5.41, 5.74) is 2.46. The van der Waals surface area contributed by atoms with Gasteiger partial charge in [-0.25, -0.2) is 0 Å². The Balaban J connectivity index is 1.54. The lowest BCUT2D eigenvalue weighted by Crippen LogP contribution is -2.34. The second-order valence-electron chi connectivity index (χ2n) is 6.30. The van der Waals surface area contributed by atoms with Gasteiger partial charge in [-0.2, -0.15) is 0 Å². The van der Waals surface area contributed by atoms with Crippen LogP contribution in [0.3, 0.4) is 0 Å². The number of hydrogen-bond donors (Lipinski definition) is 0. The van der Waals surface area contributed by atoms with Crippen LogP contribution in [-0.2, 0) is 13.0 Å². The predicted octanol–water partition coefficient (Wildman–Crippen LogP) is 4.05. The van der Waals surface area contributed by atoms with Crippen molar-refractivity contribution in [3.05, 3.63) is 75.8 Å². The van der Waals surface area contributed by atoms with Crippen LogP contribution < -0.4 is 0 Å². The van der Waals surface area contributed by atoms with E-state index in [1.807, 2.05) is 12.1 Å². The van der Waals surface area contributed by atoms with Crippen LogP contribution in [0.2, 0.25) is 0 Å². The number of hydrogen-bond acceptors (Lipinski definition) is 3. The fourth-order valence-corrected chi connectivity index (χ4v) is 3.36. The minimum atomic E-state index is -0.280. The highest BCUT2D eigenvalue weighted by Crippen LogP contribution is 2.25. The molecule has 0 aliphatic carbocycles. The molecule has 0 aromatic heterocycles. The Morgan fingerprint density at radius 2 is 1.65 bits per heavy atom. The van der Waals surface area contributed by atoms with Crippen LogP contribution in [0.5, 0.6) is 0 Å². The highest BCUT2D eigenvalue weighted by Gasteiger charge is 2.22. The van der Waals surface area contributed by atoms with Crippen LogP contribution in [0.4, 0.5) is 5.69 Å². The summed E-state index contributed by atoms with van der Waals surface area (Å²) in [4.78, 5) is 13.2. The maximum atomic E-state index is 11.1. The van der Waals surface area contributed by atoms with Crippen LogP contribution in [0, 0.1) is 16.0 Å². The molecule has 0 bridgehead atoms. The normalized spacial score (nSPS) is 16.3. The zero-order valence-electron chi connectivity index (χ0n) is 13.2. The molecular weight excluding hydrogens is 288 g/mol. The van der Waals surface area contributed by atoms with Gasteiger partial charge in [0.25, 0.3) is 5.69 Å². The molecule has 1 heterocycles. The molecule has 1 saturated heterocycles. The first-order chi connectivity index (χ1) is 11.2. The van der Waals surface area contributed by atoms with Gasteiger partial charge in [0.2, 0.25) is 0 Å². The number of rotatable bonds is 5. The van der Waals surface area contributed by atoms with Crippen LogP contribution in [0.25, 0.3) is 0 Å². The zero-order chi connectivity index (χ0) is 16.1. The Bertz CT molecular complexity index is 649. The van der Waals surface area contributed by atoms with Gasteiger partial charge in [-0.1, -0.05) is 48.5 Å². The van der Waals surface area contributed by atoms with E-state index in [9.17, 15) is 10.1 Å². The van der Waals surface area contributed by atoms with E-state index >= 15 is 0 Å². The van der Waals surface area contributed by atoms with Gasteiger partial charge >= 0.3 is 0 Å². The Morgan fingerprint density at radius 3 is 2.35 bits per heavy atom. The van der Waals surface area contributed by atoms with Gasteiger partial charge in [-0.05, 0) is 43.8 Å². The summed E-state index contributed by atoms with van der Waals surface area (Å²) in [6.45, 7) is 2.71. The highest BCUT2D eigenvalue weighted by molar-refractivity contribution is 5.39. The van der Waals surface area contributed by atoms with Gasteiger partial charge in [-0.15, -0.1) is 0 Å². The number of nitrogens with zero attached hydrogens (tertiary/aromatic N) is 2. The molecule has 0 amide bonds. The van der Waals surface area contributed by atoms with Gasteiger partial charge in [-0.3, -0.25) is 15.0 Å². The first-order valence-corrected chi connectivity index (χ1v) is 8.21. The van der Waals surface area contributed by atoms with Crippen LogP contribution in [0.15, 0.2) is 54.6 Å². The lowest BCUT2D eigenvalue weighted by Gasteiger charge is -2.32. The Labute approximate surface area is 136 Å². The number of para-hydroxylation sites is 1. The molecule has 2 aromatic carbocycles. The van der Waals surface area contributed by atoms with Gasteiger partial charge in [0, 0.05) is 18.2 Å². The molecule has 0 radical (unpaired) electrons. The lowest BCUT2D eigenvalue weighted by atomic mass is 9.90. The van der Waals surface area contributed by atoms with E-state index in [2.05, 4.69) is 35.2 Å². The molecule has 0 N–H and O–H groups in total. The fourth-order valence-electron chi connectivity index (χ4n) is 3.36. The van der Waals surface area contributed by atoms with Crippen molar-refractivity contribution >= 4 is 5.69 Å². The number of likely N-dealkylation sites (tertiary alicyclic amines) is 1. The third-order valence-electron chi connectivity index (χ3n) is 4.66. The molecule has 0 atom stereocenters. The van der Waals surface area contributed by atoms with Crippen molar-refractivity contribution in [3.8, 4) is 0 Å². The highest BCUT2D eigenvalue weighted by atomic mass is 16.6. The summed E-state index contributed by atoms with van der Waals surface area (Å²) in [5, 5.41) is 11.1. The Kier molecular flexibility index (Phi) is 5.03. The minimum absolute atomic E-state index is 0.235. The predicted molar refractivity (Wildman–Crippen MR) is 91.2 cm³/mol. The van der Waals surface area contributed by atoms with E-state index in [4.69, 9.17) is 0 Å². The van der Waals surface area contributed by atoms with Gasteiger partial charge in [0.15, 0.2) is 0 Å². The van der Waals surface area contributed by atoms with Gasteiger partial charge < -0.3 is 0 Å². The first-order valence-electron chi connectivity index (χ1n) is 8.21. The van der Waals surface area contributed by atoms with E-state index in [1.165, 1.54) is 5.56 Å². The molecule has 23 heavy (non-hydrogen) atoms. The van der Waals surface area contributed by atoms with Crippen molar-refractivity contribution < 1.29 is 4.92 Å². The van der Waals surface area contributed by atoms with E-state index in [-0.39, 0.29) is 10.6 Å². The molecule has 0 unspecified atom stereocenters. The molecular formula is C19H22N2O2. The summed E-state index contributed by atoms with van der Waals surface area (Å²) in [6.07, 6.45) is 3.46. The quantitative estimate of drug-likeness (QED) is 0.618. The molecule has 120 valence electrons.